The fourth-order valence-corrected chi connectivity index (χ4v) is 2.10. The van der Waals surface area contributed by atoms with Crippen LogP contribution in [-0.2, 0) is 11.3 Å². The standard InChI is InChI=1S/C15H21N3O2/c1-2-20-11-5-8-16-9-10-18-14-7-4-3-6-13(14)17-12-15(18)19/h3-4,6-7,12,16H,2,5,8-11H2,1H3. The van der Waals surface area contributed by atoms with E-state index in [1.165, 1.54) is 6.20 Å². The Hall–Kier alpha value is -1.72. The summed E-state index contributed by atoms with van der Waals surface area (Å²) >= 11 is 0. The van der Waals surface area contributed by atoms with Gasteiger partial charge in [0.25, 0.3) is 5.56 Å². The molecule has 0 spiro atoms. The van der Waals surface area contributed by atoms with Crippen molar-refractivity contribution >= 4 is 11.0 Å². The lowest BCUT2D eigenvalue weighted by Gasteiger charge is -2.10. The minimum absolute atomic E-state index is 0.0557. The lowest BCUT2D eigenvalue weighted by Crippen LogP contribution is -2.28. The number of ether oxygens (including phenoxy) is 1. The molecule has 2 aromatic rings. The lowest BCUT2D eigenvalue weighted by atomic mass is 10.3. The van der Waals surface area contributed by atoms with E-state index in [0.717, 1.165) is 43.8 Å². The quantitative estimate of drug-likeness (QED) is 0.740. The molecule has 0 radical (unpaired) electrons. The first-order chi connectivity index (χ1) is 9.83. The van der Waals surface area contributed by atoms with E-state index in [-0.39, 0.29) is 5.56 Å². The third-order valence-corrected chi connectivity index (χ3v) is 3.11. The molecule has 1 N–H and O–H groups in total. The molecule has 0 aliphatic rings. The predicted octanol–water partition coefficient (Wildman–Crippen LogP) is 1.41. The van der Waals surface area contributed by atoms with Crippen LogP contribution in [-0.4, -0.2) is 35.9 Å². The minimum atomic E-state index is -0.0557. The summed E-state index contributed by atoms with van der Waals surface area (Å²) in [7, 11) is 0. The van der Waals surface area contributed by atoms with Crippen LogP contribution < -0.4 is 10.9 Å². The molecule has 0 fully saturated rings. The Balaban J connectivity index is 1.90. The molecule has 0 aliphatic carbocycles. The van der Waals surface area contributed by atoms with Gasteiger partial charge in [-0.25, -0.2) is 4.98 Å². The molecule has 5 heteroatoms. The summed E-state index contributed by atoms with van der Waals surface area (Å²) < 4.78 is 7.03. The van der Waals surface area contributed by atoms with Crippen molar-refractivity contribution < 1.29 is 4.74 Å². The first-order valence-electron chi connectivity index (χ1n) is 7.06. The van der Waals surface area contributed by atoms with Crippen molar-refractivity contribution in [2.45, 2.75) is 19.9 Å². The van der Waals surface area contributed by atoms with Crippen LogP contribution in [0.15, 0.2) is 35.3 Å². The zero-order chi connectivity index (χ0) is 14.2. The van der Waals surface area contributed by atoms with Gasteiger partial charge in [-0.3, -0.25) is 4.79 Å². The van der Waals surface area contributed by atoms with E-state index in [9.17, 15) is 4.79 Å². The van der Waals surface area contributed by atoms with E-state index in [1.54, 1.807) is 4.57 Å². The second-order valence-corrected chi connectivity index (χ2v) is 4.54. The SMILES string of the molecule is CCOCCCNCCn1c(=O)cnc2ccccc21. The number of nitrogens with zero attached hydrogens (tertiary/aromatic N) is 2. The van der Waals surface area contributed by atoms with Crippen molar-refractivity contribution in [2.24, 2.45) is 0 Å². The number of fused-ring (bicyclic) bond motifs is 1. The molecule has 0 saturated heterocycles. The van der Waals surface area contributed by atoms with Crippen LogP contribution in [0.2, 0.25) is 0 Å². The Bertz CT molecular complexity index is 595. The average molecular weight is 275 g/mol. The molecular formula is C15H21N3O2. The van der Waals surface area contributed by atoms with Gasteiger partial charge in [-0.15, -0.1) is 0 Å². The summed E-state index contributed by atoms with van der Waals surface area (Å²) in [5.74, 6) is 0. The molecule has 0 amide bonds. The van der Waals surface area contributed by atoms with E-state index < -0.39 is 0 Å². The summed E-state index contributed by atoms with van der Waals surface area (Å²) in [6.07, 6.45) is 2.37. The van der Waals surface area contributed by atoms with Gasteiger partial charge >= 0.3 is 0 Å². The average Bonchev–Trinajstić information content (AvgIpc) is 2.48. The zero-order valence-electron chi connectivity index (χ0n) is 11.8. The summed E-state index contributed by atoms with van der Waals surface area (Å²) in [6, 6.07) is 7.70. The molecule has 0 atom stereocenters. The topological polar surface area (TPSA) is 56.1 Å². The van der Waals surface area contributed by atoms with Crippen molar-refractivity contribution in [1.29, 1.82) is 0 Å². The number of hydrogen-bond donors (Lipinski definition) is 1. The predicted molar refractivity (Wildman–Crippen MR) is 80.0 cm³/mol. The maximum Gasteiger partial charge on any atom is 0.269 e. The molecule has 5 nitrogen and oxygen atoms in total. The van der Waals surface area contributed by atoms with Crippen LogP contribution in [0, 0.1) is 0 Å². The fourth-order valence-electron chi connectivity index (χ4n) is 2.10. The van der Waals surface area contributed by atoms with Crippen molar-refractivity contribution in [2.75, 3.05) is 26.3 Å². The Kier molecular flexibility index (Phi) is 5.70. The van der Waals surface area contributed by atoms with Gasteiger partial charge in [0.1, 0.15) is 0 Å². The van der Waals surface area contributed by atoms with Crippen LogP contribution in [0.5, 0.6) is 0 Å². The fraction of sp³-hybridized carbons (Fsp3) is 0.467. The van der Waals surface area contributed by atoms with Crippen LogP contribution in [0.1, 0.15) is 13.3 Å². The monoisotopic (exact) mass is 275 g/mol. The summed E-state index contributed by atoms with van der Waals surface area (Å²) in [5, 5.41) is 3.32. The third-order valence-electron chi connectivity index (χ3n) is 3.11. The Morgan fingerprint density at radius 2 is 2.15 bits per heavy atom. The number of hydrogen-bond acceptors (Lipinski definition) is 4. The van der Waals surface area contributed by atoms with Crippen molar-refractivity contribution in [1.82, 2.24) is 14.9 Å². The van der Waals surface area contributed by atoms with E-state index in [0.29, 0.717) is 6.54 Å². The Morgan fingerprint density at radius 1 is 1.30 bits per heavy atom. The smallest absolute Gasteiger partial charge is 0.269 e. The molecule has 0 bridgehead atoms. The van der Waals surface area contributed by atoms with Gasteiger partial charge in [-0.05, 0) is 32.0 Å². The molecule has 20 heavy (non-hydrogen) atoms. The normalized spacial score (nSPS) is 11.1. The first-order valence-corrected chi connectivity index (χ1v) is 7.06. The summed E-state index contributed by atoms with van der Waals surface area (Å²) in [5.41, 5.74) is 1.68. The molecule has 2 rings (SSSR count). The molecule has 0 aliphatic heterocycles. The van der Waals surface area contributed by atoms with Gasteiger partial charge in [0.2, 0.25) is 0 Å². The molecule has 0 saturated carbocycles. The maximum absolute atomic E-state index is 11.9. The van der Waals surface area contributed by atoms with E-state index in [2.05, 4.69) is 10.3 Å². The van der Waals surface area contributed by atoms with E-state index in [4.69, 9.17) is 4.74 Å². The van der Waals surface area contributed by atoms with Gasteiger partial charge in [-0.2, -0.15) is 0 Å². The zero-order valence-corrected chi connectivity index (χ0v) is 11.8. The molecule has 0 unspecified atom stereocenters. The molecule has 1 aromatic carbocycles. The Labute approximate surface area is 118 Å². The van der Waals surface area contributed by atoms with Crippen LogP contribution in [0.3, 0.4) is 0 Å². The number of rotatable bonds is 8. The number of benzene rings is 1. The van der Waals surface area contributed by atoms with Gasteiger partial charge in [-0.1, -0.05) is 12.1 Å². The second kappa shape index (κ2) is 7.77. The van der Waals surface area contributed by atoms with Crippen LogP contribution >= 0.6 is 0 Å². The highest BCUT2D eigenvalue weighted by atomic mass is 16.5. The van der Waals surface area contributed by atoms with E-state index >= 15 is 0 Å². The highest BCUT2D eigenvalue weighted by Gasteiger charge is 2.02. The highest BCUT2D eigenvalue weighted by Crippen LogP contribution is 2.07. The molecule has 1 heterocycles. The number of aromatic nitrogens is 2. The summed E-state index contributed by atoms with van der Waals surface area (Å²) in [6.45, 7) is 5.85. The lowest BCUT2D eigenvalue weighted by molar-refractivity contribution is 0.145. The van der Waals surface area contributed by atoms with E-state index in [1.807, 2.05) is 31.2 Å². The van der Waals surface area contributed by atoms with Crippen molar-refractivity contribution in [3.05, 3.63) is 40.8 Å². The largest absolute Gasteiger partial charge is 0.382 e. The van der Waals surface area contributed by atoms with Gasteiger partial charge in [0.15, 0.2) is 0 Å². The van der Waals surface area contributed by atoms with Gasteiger partial charge in [0.05, 0.1) is 17.2 Å². The molecule has 1 aromatic heterocycles. The number of para-hydroxylation sites is 2. The molecular weight excluding hydrogens is 254 g/mol. The summed E-state index contributed by atoms with van der Waals surface area (Å²) in [4.78, 5) is 16.0. The third kappa shape index (κ3) is 3.88. The minimum Gasteiger partial charge on any atom is -0.382 e. The first kappa shape index (κ1) is 14.7. The van der Waals surface area contributed by atoms with Crippen molar-refractivity contribution in [3.8, 4) is 0 Å². The van der Waals surface area contributed by atoms with Gasteiger partial charge in [0, 0.05) is 26.3 Å². The van der Waals surface area contributed by atoms with Crippen LogP contribution in [0.25, 0.3) is 11.0 Å². The number of nitrogens with one attached hydrogen (secondary N) is 1. The van der Waals surface area contributed by atoms with Crippen molar-refractivity contribution in [3.63, 3.8) is 0 Å². The maximum atomic E-state index is 11.9. The second-order valence-electron chi connectivity index (χ2n) is 4.54. The Morgan fingerprint density at radius 3 is 3.00 bits per heavy atom. The van der Waals surface area contributed by atoms with Crippen LogP contribution in [0.4, 0.5) is 0 Å². The van der Waals surface area contributed by atoms with Gasteiger partial charge < -0.3 is 14.6 Å². The molecule has 108 valence electrons. The highest BCUT2D eigenvalue weighted by molar-refractivity contribution is 5.74.